The third-order valence-corrected chi connectivity index (χ3v) is 13.2. The lowest BCUT2D eigenvalue weighted by atomic mass is 9.78. The molecule has 15 heteroatoms. The van der Waals surface area contributed by atoms with Gasteiger partial charge in [0.1, 0.15) is 17.2 Å². The van der Waals surface area contributed by atoms with Crippen molar-refractivity contribution in [1.82, 2.24) is 15.2 Å². The van der Waals surface area contributed by atoms with Crippen molar-refractivity contribution in [2.75, 3.05) is 33.3 Å². The van der Waals surface area contributed by atoms with Gasteiger partial charge in [0.15, 0.2) is 5.78 Å². The minimum atomic E-state index is -2.06. The first-order valence-corrected chi connectivity index (χ1v) is 21.0. The molecule has 60 heavy (non-hydrogen) atoms. The van der Waals surface area contributed by atoms with Crippen LogP contribution < -0.4 is 10.1 Å². The van der Waals surface area contributed by atoms with Crippen molar-refractivity contribution in [3.8, 4) is 11.5 Å². The van der Waals surface area contributed by atoms with Crippen LogP contribution in [0.15, 0.2) is 52.5 Å². The number of hydrazone groups is 1. The highest BCUT2D eigenvalue weighted by Gasteiger charge is 2.52. The maximum absolute atomic E-state index is 14.7. The van der Waals surface area contributed by atoms with Crippen molar-refractivity contribution >= 4 is 29.5 Å². The molecule has 9 atom stereocenters. The second-order valence-corrected chi connectivity index (χ2v) is 17.2. The Bertz CT molecular complexity index is 2030. The van der Waals surface area contributed by atoms with E-state index < -0.39 is 99.7 Å². The Morgan fingerprint density at radius 2 is 1.50 bits per heavy atom. The lowest BCUT2D eigenvalue weighted by molar-refractivity contribution is -0.116. The number of piperazine rings is 1. The van der Waals surface area contributed by atoms with Gasteiger partial charge in [0.2, 0.25) is 5.78 Å². The van der Waals surface area contributed by atoms with Gasteiger partial charge in [-0.05, 0) is 32.8 Å². The number of hydrogen-bond donors (Lipinski definition) is 5. The first-order chi connectivity index (χ1) is 28.4. The number of nitrogens with zero attached hydrogens (tertiary/aromatic N) is 3. The number of aromatic hydroxyl groups is 1. The summed E-state index contributed by atoms with van der Waals surface area (Å²) in [5.74, 6) is -8.52. The van der Waals surface area contributed by atoms with Crippen molar-refractivity contribution in [2.24, 2.45) is 28.8 Å². The average Bonchev–Trinajstić information content (AvgIpc) is 3.87. The van der Waals surface area contributed by atoms with Crippen LogP contribution in [0.25, 0.3) is 0 Å². The fourth-order valence-electron chi connectivity index (χ4n) is 9.05. The van der Waals surface area contributed by atoms with Crippen LogP contribution in [0, 0.1) is 30.6 Å². The van der Waals surface area contributed by atoms with E-state index in [0.717, 1.165) is 13.1 Å². The molecule has 4 heterocycles. The van der Waals surface area contributed by atoms with Gasteiger partial charge in [0, 0.05) is 81.1 Å². The summed E-state index contributed by atoms with van der Waals surface area (Å²) in [5.41, 5.74) is -1.65. The highest BCUT2D eigenvalue weighted by molar-refractivity contribution is 6.37. The molecule has 0 aromatic heterocycles. The van der Waals surface area contributed by atoms with E-state index in [1.807, 2.05) is 0 Å². The molecular formula is C45H60N4O11. The second kappa shape index (κ2) is 18.1. The number of fused-ring (bicyclic) bond motifs is 14. The molecule has 2 fully saturated rings. The number of phenols is 1. The zero-order valence-corrected chi connectivity index (χ0v) is 35.8. The highest BCUT2D eigenvalue weighted by Crippen LogP contribution is 2.48. The quantitative estimate of drug-likeness (QED) is 0.273. The number of hydrogen-bond acceptors (Lipinski definition) is 14. The molecule has 5 bridgehead atoms. The Kier molecular flexibility index (Phi) is 13.6. The van der Waals surface area contributed by atoms with Crippen molar-refractivity contribution < 1.29 is 53.8 Å². The van der Waals surface area contributed by atoms with Crippen LogP contribution in [0.1, 0.15) is 104 Å². The van der Waals surface area contributed by atoms with Gasteiger partial charge in [-0.3, -0.25) is 29.1 Å². The lowest BCUT2D eigenvalue weighted by Gasteiger charge is -2.36. The van der Waals surface area contributed by atoms with Crippen LogP contribution in [0.5, 0.6) is 11.5 Å². The maximum atomic E-state index is 14.7. The SMILES string of the molecule is CO[C@H]1/C=C/O[C@@]2(C)Oc3c(C)c(O)c4c(c3C2=O)C(=O)C(/C=N/N2CCN(C3CCCC3)CC2)=C(NC(=O)/C(C)=C\C=C\[C@H](C)[C@H](O)[C@@H](C)[C@@H](O)[C@@H](C)[C@H](O)[C@@H]1C)C4=O. The van der Waals surface area contributed by atoms with Crippen LogP contribution in [0.3, 0.4) is 0 Å². The van der Waals surface area contributed by atoms with Gasteiger partial charge in [-0.15, -0.1) is 0 Å². The Morgan fingerprint density at radius 1 is 0.867 bits per heavy atom. The number of benzene rings is 1. The van der Waals surface area contributed by atoms with E-state index in [9.17, 15) is 39.6 Å². The summed E-state index contributed by atoms with van der Waals surface area (Å²) in [4.78, 5) is 59.9. The first-order valence-electron chi connectivity index (χ1n) is 21.0. The molecule has 1 aromatic rings. The summed E-state index contributed by atoms with van der Waals surface area (Å²) in [6.07, 6.45) is 9.35. The van der Waals surface area contributed by atoms with Crippen molar-refractivity contribution in [1.29, 1.82) is 0 Å². The van der Waals surface area contributed by atoms with Gasteiger partial charge in [0.05, 0.1) is 59.2 Å². The van der Waals surface area contributed by atoms with E-state index in [-0.39, 0.29) is 28.0 Å². The Balaban J connectivity index is 1.43. The monoisotopic (exact) mass is 832 g/mol. The third-order valence-electron chi connectivity index (χ3n) is 13.2. The lowest BCUT2D eigenvalue weighted by Crippen LogP contribution is -2.48. The Labute approximate surface area is 351 Å². The highest BCUT2D eigenvalue weighted by atomic mass is 16.7. The largest absolute Gasteiger partial charge is 0.507 e. The second-order valence-electron chi connectivity index (χ2n) is 17.2. The molecule has 0 unspecified atom stereocenters. The average molecular weight is 833 g/mol. The van der Waals surface area contributed by atoms with Crippen LogP contribution in [0.4, 0.5) is 0 Å². The van der Waals surface area contributed by atoms with Crippen molar-refractivity contribution in [3.05, 3.63) is 69.7 Å². The molecule has 2 aliphatic carbocycles. The molecule has 5 N–H and O–H groups in total. The number of nitrogens with one attached hydrogen (secondary N) is 1. The van der Waals surface area contributed by atoms with E-state index >= 15 is 0 Å². The van der Waals surface area contributed by atoms with E-state index in [1.165, 1.54) is 78.2 Å². The topological polar surface area (TPSA) is 208 Å². The number of ketones is 3. The molecule has 4 aliphatic heterocycles. The normalized spacial score (nSPS) is 34.7. The smallest absolute Gasteiger partial charge is 0.312 e. The standard InChI is InChI=1S/C45H60N4O11/c1-23-12-11-13-24(2)44(57)47-35-30(22-46-49-19-17-48(18-20-49)29-14-9-10-15-29)40(54)32-33(41(35)55)39(53)28(6)42-34(32)43(56)45(7,60-42)59-21-16-31(58-8)25(3)37(51)27(5)38(52)26(4)36(23)50/h11-13,16,21-23,25-27,29,31,36-38,50-53H,9-10,14-15,17-20H2,1-8H3,(H,47,57)/b12-11+,21-16+,24-13-,46-22+/t23-,25+,26+,27-,31-,36-,37+,38+,45-/m0/s1. The number of carbonyl (C=O) groups is 4. The zero-order chi connectivity index (χ0) is 43.8. The number of carbonyl (C=O) groups excluding carboxylic acids is 4. The molecule has 1 saturated heterocycles. The van der Waals surface area contributed by atoms with Crippen molar-refractivity contribution in [3.63, 3.8) is 0 Å². The van der Waals surface area contributed by atoms with Crippen LogP contribution in [0.2, 0.25) is 0 Å². The summed E-state index contributed by atoms with van der Waals surface area (Å²) in [6, 6.07) is 0.543. The minimum Gasteiger partial charge on any atom is -0.507 e. The fraction of sp³-hybridized carbons (Fsp3) is 0.578. The number of Topliss-reactive ketones (excluding diaryl/α,β-unsaturated/α-hetero) is 3. The number of rotatable bonds is 4. The molecule has 0 radical (unpaired) electrons. The van der Waals surface area contributed by atoms with Gasteiger partial charge >= 0.3 is 5.79 Å². The number of amides is 1. The Morgan fingerprint density at radius 3 is 2.15 bits per heavy atom. The predicted molar refractivity (Wildman–Crippen MR) is 223 cm³/mol. The molecule has 1 amide bonds. The summed E-state index contributed by atoms with van der Waals surface area (Å²) in [6.45, 7) is 13.8. The van der Waals surface area contributed by atoms with E-state index in [4.69, 9.17) is 14.2 Å². The van der Waals surface area contributed by atoms with Gasteiger partial charge in [0.25, 0.3) is 11.7 Å². The molecule has 0 spiro atoms. The number of methoxy groups -OCH3 is 1. The van der Waals surface area contributed by atoms with E-state index in [0.29, 0.717) is 19.1 Å². The van der Waals surface area contributed by atoms with Crippen LogP contribution in [-0.4, -0.2) is 129 Å². The summed E-state index contributed by atoms with van der Waals surface area (Å²) >= 11 is 0. The molecule has 6 aliphatic rings. The summed E-state index contributed by atoms with van der Waals surface area (Å²) in [7, 11) is 1.43. The number of phenolic OH excluding ortho intramolecular Hbond substituents is 1. The van der Waals surface area contributed by atoms with Gasteiger partial charge < -0.3 is 40.0 Å². The van der Waals surface area contributed by atoms with Gasteiger partial charge in [-0.2, -0.15) is 5.10 Å². The fourth-order valence-corrected chi connectivity index (χ4v) is 9.05. The van der Waals surface area contributed by atoms with Crippen LogP contribution >= 0.6 is 0 Å². The van der Waals surface area contributed by atoms with Gasteiger partial charge in [-0.1, -0.05) is 58.8 Å². The zero-order valence-electron chi connectivity index (χ0n) is 35.8. The summed E-state index contributed by atoms with van der Waals surface area (Å²) < 4.78 is 17.7. The molecule has 1 saturated carbocycles. The third kappa shape index (κ3) is 8.47. The first kappa shape index (κ1) is 44.9. The number of aliphatic hydroxyl groups excluding tert-OH is 3. The number of aliphatic hydroxyl groups is 3. The van der Waals surface area contributed by atoms with Crippen LogP contribution in [-0.2, 0) is 14.3 Å². The summed E-state index contributed by atoms with van der Waals surface area (Å²) in [5, 5.41) is 54.4. The molecular weight excluding hydrogens is 773 g/mol. The van der Waals surface area contributed by atoms with E-state index in [1.54, 1.807) is 44.9 Å². The van der Waals surface area contributed by atoms with E-state index in [2.05, 4.69) is 15.3 Å². The predicted octanol–water partition coefficient (Wildman–Crippen LogP) is 3.98. The molecule has 326 valence electrons. The number of ether oxygens (including phenoxy) is 3. The molecule has 7 rings (SSSR count). The minimum absolute atomic E-state index is 0.00816. The van der Waals surface area contributed by atoms with Gasteiger partial charge in [-0.25, -0.2) is 0 Å². The maximum Gasteiger partial charge on any atom is 0.312 e. The molecule has 15 nitrogen and oxygen atoms in total. The Hall–Kier alpha value is -4.67. The number of allylic oxidation sites excluding steroid dienone is 4. The molecule has 1 aromatic carbocycles. The van der Waals surface area contributed by atoms with Crippen molar-refractivity contribution in [2.45, 2.75) is 110 Å².